The van der Waals surface area contributed by atoms with E-state index < -0.39 is 0 Å². The van der Waals surface area contributed by atoms with Crippen LogP contribution in [-0.2, 0) is 6.54 Å². The molecule has 1 fully saturated rings. The van der Waals surface area contributed by atoms with Crippen LogP contribution < -0.4 is 5.32 Å². The summed E-state index contributed by atoms with van der Waals surface area (Å²) in [4.78, 5) is 6.70. The molecule has 3 nitrogen and oxygen atoms in total. The highest BCUT2D eigenvalue weighted by atomic mass is 15.2. The third kappa shape index (κ3) is 3.79. The van der Waals surface area contributed by atoms with E-state index in [1.54, 1.807) is 0 Å². The first kappa shape index (κ1) is 12.5. The number of hydrogen-bond donors (Lipinski definition) is 1. The van der Waals surface area contributed by atoms with Gasteiger partial charge in [0.2, 0.25) is 0 Å². The van der Waals surface area contributed by atoms with Crippen LogP contribution in [0, 0.1) is 0 Å². The summed E-state index contributed by atoms with van der Waals surface area (Å²) >= 11 is 0. The van der Waals surface area contributed by atoms with Crippen LogP contribution in [0.4, 0.5) is 0 Å². The largest absolute Gasteiger partial charge is 0.308 e. The van der Waals surface area contributed by atoms with E-state index in [4.69, 9.17) is 0 Å². The highest BCUT2D eigenvalue weighted by Gasteiger charge is 2.26. The molecule has 1 saturated heterocycles. The third-order valence-corrected chi connectivity index (χ3v) is 3.26. The molecular weight excluding hydrogens is 210 g/mol. The Morgan fingerprint density at radius 2 is 2.35 bits per heavy atom. The lowest BCUT2D eigenvalue weighted by molar-refractivity contribution is 0.222. The van der Waals surface area contributed by atoms with E-state index in [1.165, 1.54) is 12.0 Å². The van der Waals surface area contributed by atoms with Crippen LogP contribution in [0.15, 0.2) is 24.5 Å². The van der Waals surface area contributed by atoms with Crippen molar-refractivity contribution in [3.63, 3.8) is 0 Å². The molecule has 1 unspecified atom stereocenters. The van der Waals surface area contributed by atoms with Crippen molar-refractivity contribution >= 4 is 0 Å². The Balaban J connectivity index is 2.01. The van der Waals surface area contributed by atoms with Gasteiger partial charge in [0.25, 0.3) is 0 Å². The first-order chi connectivity index (χ1) is 8.05. The molecule has 1 N–H and O–H groups in total. The second kappa shape index (κ2) is 5.15. The van der Waals surface area contributed by atoms with Crippen molar-refractivity contribution < 1.29 is 0 Å². The van der Waals surface area contributed by atoms with Crippen LogP contribution in [0.1, 0.15) is 32.8 Å². The molecule has 1 aromatic rings. The van der Waals surface area contributed by atoms with E-state index in [1.807, 2.05) is 18.5 Å². The quantitative estimate of drug-likeness (QED) is 0.847. The summed E-state index contributed by atoms with van der Waals surface area (Å²) < 4.78 is 0. The predicted octanol–water partition coefficient (Wildman–Crippen LogP) is 2.04. The maximum Gasteiger partial charge on any atom is 0.0312 e. The van der Waals surface area contributed by atoms with Gasteiger partial charge in [0.15, 0.2) is 0 Å². The van der Waals surface area contributed by atoms with Gasteiger partial charge in [-0.1, -0.05) is 6.07 Å². The lowest BCUT2D eigenvalue weighted by Crippen LogP contribution is -2.48. The summed E-state index contributed by atoms with van der Waals surface area (Å²) in [6, 6.07) is 4.77. The first-order valence-electron chi connectivity index (χ1n) is 6.44. The number of pyridine rings is 1. The van der Waals surface area contributed by atoms with Crippen molar-refractivity contribution in [1.29, 1.82) is 0 Å². The van der Waals surface area contributed by atoms with Crippen LogP contribution in [0.3, 0.4) is 0 Å². The maximum absolute atomic E-state index is 4.18. The van der Waals surface area contributed by atoms with E-state index in [2.05, 4.69) is 42.0 Å². The van der Waals surface area contributed by atoms with Crippen LogP contribution in [0.5, 0.6) is 0 Å². The van der Waals surface area contributed by atoms with Gasteiger partial charge < -0.3 is 5.32 Å². The summed E-state index contributed by atoms with van der Waals surface area (Å²) in [6.07, 6.45) is 5.01. The average molecular weight is 233 g/mol. The van der Waals surface area contributed by atoms with Crippen LogP contribution in [0.25, 0.3) is 0 Å². The Morgan fingerprint density at radius 3 is 3.06 bits per heavy atom. The molecule has 0 amide bonds. The van der Waals surface area contributed by atoms with Gasteiger partial charge in [0, 0.05) is 43.6 Å². The van der Waals surface area contributed by atoms with Crippen molar-refractivity contribution in [2.75, 3.05) is 13.1 Å². The van der Waals surface area contributed by atoms with E-state index in [0.29, 0.717) is 6.04 Å². The summed E-state index contributed by atoms with van der Waals surface area (Å²) in [5.74, 6) is 0. The maximum atomic E-state index is 4.18. The molecule has 0 saturated carbocycles. The molecule has 0 radical (unpaired) electrons. The highest BCUT2D eigenvalue weighted by molar-refractivity contribution is 5.08. The fourth-order valence-electron chi connectivity index (χ4n) is 2.68. The zero-order valence-corrected chi connectivity index (χ0v) is 11.1. The Labute approximate surface area is 104 Å². The summed E-state index contributed by atoms with van der Waals surface area (Å²) in [5.41, 5.74) is 1.50. The minimum atomic E-state index is 0.193. The van der Waals surface area contributed by atoms with Gasteiger partial charge in [-0.05, 0) is 38.8 Å². The fourth-order valence-corrected chi connectivity index (χ4v) is 2.68. The van der Waals surface area contributed by atoms with E-state index in [0.717, 1.165) is 19.6 Å². The molecule has 1 aliphatic heterocycles. The Kier molecular flexibility index (Phi) is 3.79. The average Bonchev–Trinajstić information content (AvgIpc) is 2.38. The summed E-state index contributed by atoms with van der Waals surface area (Å²) in [6.45, 7) is 10.1. The van der Waals surface area contributed by atoms with Crippen molar-refractivity contribution in [3.8, 4) is 0 Å². The SMILES string of the molecule is CC1CCN(Cc2cccnc2)CC(C)(C)N1. The second-order valence-corrected chi connectivity index (χ2v) is 5.79. The van der Waals surface area contributed by atoms with Gasteiger partial charge in [-0.25, -0.2) is 0 Å². The Hall–Kier alpha value is -0.930. The van der Waals surface area contributed by atoms with Gasteiger partial charge in [-0.15, -0.1) is 0 Å². The molecule has 1 aromatic heterocycles. The van der Waals surface area contributed by atoms with Gasteiger partial charge in [0.05, 0.1) is 0 Å². The van der Waals surface area contributed by atoms with Crippen molar-refractivity contribution in [2.45, 2.75) is 45.3 Å². The Bertz CT molecular complexity index is 348. The predicted molar refractivity (Wildman–Crippen MR) is 70.8 cm³/mol. The van der Waals surface area contributed by atoms with Crippen LogP contribution in [0.2, 0.25) is 0 Å². The minimum absolute atomic E-state index is 0.193. The van der Waals surface area contributed by atoms with E-state index in [-0.39, 0.29) is 5.54 Å². The molecule has 0 spiro atoms. The van der Waals surface area contributed by atoms with Gasteiger partial charge in [0.1, 0.15) is 0 Å². The minimum Gasteiger partial charge on any atom is -0.308 e. The number of aromatic nitrogens is 1. The lowest BCUT2D eigenvalue weighted by atomic mass is 10.0. The van der Waals surface area contributed by atoms with Gasteiger partial charge in [-0.2, -0.15) is 0 Å². The molecule has 94 valence electrons. The first-order valence-corrected chi connectivity index (χ1v) is 6.44. The summed E-state index contributed by atoms with van der Waals surface area (Å²) in [5, 5.41) is 3.68. The smallest absolute Gasteiger partial charge is 0.0312 e. The summed E-state index contributed by atoms with van der Waals surface area (Å²) in [7, 11) is 0. The highest BCUT2D eigenvalue weighted by Crippen LogP contribution is 2.16. The number of nitrogens with one attached hydrogen (secondary N) is 1. The second-order valence-electron chi connectivity index (χ2n) is 5.79. The molecule has 17 heavy (non-hydrogen) atoms. The fraction of sp³-hybridized carbons (Fsp3) is 0.643. The molecule has 2 heterocycles. The number of nitrogens with zero attached hydrogens (tertiary/aromatic N) is 2. The Morgan fingerprint density at radius 1 is 1.53 bits per heavy atom. The molecule has 0 aromatic carbocycles. The van der Waals surface area contributed by atoms with Crippen molar-refractivity contribution in [1.82, 2.24) is 15.2 Å². The lowest BCUT2D eigenvalue weighted by Gasteiger charge is -2.31. The van der Waals surface area contributed by atoms with Crippen LogP contribution >= 0.6 is 0 Å². The number of hydrogen-bond acceptors (Lipinski definition) is 3. The standard InChI is InChI=1S/C14H23N3/c1-12-6-8-17(11-14(2,3)16-12)10-13-5-4-7-15-9-13/h4-5,7,9,12,16H,6,8,10-11H2,1-3H3. The van der Waals surface area contributed by atoms with Crippen LogP contribution in [-0.4, -0.2) is 34.6 Å². The van der Waals surface area contributed by atoms with Gasteiger partial charge in [-0.3, -0.25) is 9.88 Å². The molecule has 1 atom stereocenters. The molecule has 3 heteroatoms. The van der Waals surface area contributed by atoms with Crippen molar-refractivity contribution in [3.05, 3.63) is 30.1 Å². The molecule has 0 bridgehead atoms. The molecule has 2 rings (SSSR count). The van der Waals surface area contributed by atoms with Crippen molar-refractivity contribution in [2.24, 2.45) is 0 Å². The zero-order chi connectivity index (χ0) is 12.3. The molecular formula is C14H23N3. The normalized spacial score (nSPS) is 25.5. The monoisotopic (exact) mass is 233 g/mol. The number of rotatable bonds is 2. The molecule has 1 aliphatic rings. The van der Waals surface area contributed by atoms with Gasteiger partial charge >= 0.3 is 0 Å². The molecule has 0 aliphatic carbocycles. The zero-order valence-electron chi connectivity index (χ0n) is 11.1. The van der Waals surface area contributed by atoms with E-state index in [9.17, 15) is 0 Å². The van der Waals surface area contributed by atoms with E-state index >= 15 is 0 Å². The third-order valence-electron chi connectivity index (χ3n) is 3.26. The topological polar surface area (TPSA) is 28.2 Å².